The van der Waals surface area contributed by atoms with Crippen molar-refractivity contribution in [2.45, 2.75) is 44.6 Å². The first-order valence-corrected chi connectivity index (χ1v) is 7.73. The third-order valence-electron chi connectivity index (χ3n) is 4.62. The summed E-state index contributed by atoms with van der Waals surface area (Å²) >= 11 is 0. The molecule has 1 amide bonds. The van der Waals surface area contributed by atoms with Crippen molar-refractivity contribution in [3.63, 3.8) is 0 Å². The predicted octanol–water partition coefficient (Wildman–Crippen LogP) is 2.83. The van der Waals surface area contributed by atoms with Crippen molar-refractivity contribution in [2.24, 2.45) is 5.73 Å². The fourth-order valence-electron chi connectivity index (χ4n) is 3.37. The van der Waals surface area contributed by atoms with Crippen LogP contribution in [0.1, 0.15) is 36.8 Å². The largest absolute Gasteiger partial charge is 0.361 e. The van der Waals surface area contributed by atoms with E-state index in [2.05, 4.69) is 35.4 Å². The number of halogens is 1. The number of aromatic amines is 1. The molecule has 0 aliphatic heterocycles. The molecule has 1 aromatic carbocycles. The second-order valence-corrected chi connectivity index (χ2v) is 6.18. The molecular weight excluding hydrogens is 298 g/mol. The molecule has 1 aliphatic rings. The predicted molar refractivity (Wildman–Crippen MR) is 92.4 cm³/mol. The van der Waals surface area contributed by atoms with E-state index in [1.54, 1.807) is 0 Å². The van der Waals surface area contributed by atoms with E-state index in [9.17, 15) is 4.79 Å². The Morgan fingerprint density at radius 1 is 1.36 bits per heavy atom. The van der Waals surface area contributed by atoms with Crippen molar-refractivity contribution in [3.05, 3.63) is 35.5 Å². The van der Waals surface area contributed by atoms with E-state index in [4.69, 9.17) is 5.73 Å². The van der Waals surface area contributed by atoms with Gasteiger partial charge in [-0.15, -0.1) is 12.4 Å². The molecule has 1 heterocycles. The number of hydrogen-bond donors (Lipinski definition) is 3. The van der Waals surface area contributed by atoms with Gasteiger partial charge in [0.25, 0.3) is 0 Å². The lowest BCUT2D eigenvalue weighted by molar-refractivity contribution is -0.126. The van der Waals surface area contributed by atoms with Crippen LogP contribution in [0.25, 0.3) is 10.9 Å². The van der Waals surface area contributed by atoms with Crippen LogP contribution >= 0.6 is 12.4 Å². The smallest absolute Gasteiger partial charge is 0.240 e. The van der Waals surface area contributed by atoms with Crippen molar-refractivity contribution < 1.29 is 4.79 Å². The van der Waals surface area contributed by atoms with E-state index in [1.165, 1.54) is 16.5 Å². The van der Waals surface area contributed by atoms with Gasteiger partial charge in [0, 0.05) is 23.6 Å². The van der Waals surface area contributed by atoms with Crippen molar-refractivity contribution in [3.8, 4) is 0 Å². The molecule has 0 atom stereocenters. The minimum Gasteiger partial charge on any atom is -0.361 e. The van der Waals surface area contributed by atoms with Crippen LogP contribution in [0.5, 0.6) is 0 Å². The van der Waals surface area contributed by atoms with Crippen LogP contribution in [0.15, 0.2) is 24.4 Å². The lowest BCUT2D eigenvalue weighted by Crippen LogP contribution is -2.52. The average Bonchev–Trinajstić information content (AvgIpc) is 3.07. The first kappa shape index (κ1) is 16.8. The summed E-state index contributed by atoms with van der Waals surface area (Å²) in [4.78, 5) is 15.5. The van der Waals surface area contributed by atoms with Gasteiger partial charge in [0.2, 0.25) is 5.91 Å². The molecule has 1 saturated carbocycles. The summed E-state index contributed by atoms with van der Waals surface area (Å²) in [5.74, 6) is 0.0107. The molecule has 0 bridgehead atoms. The Balaban J connectivity index is 0.00000176. The maximum Gasteiger partial charge on any atom is 0.240 e. The number of hydrogen-bond acceptors (Lipinski definition) is 2. The quantitative estimate of drug-likeness (QED) is 0.810. The molecule has 4 nitrogen and oxygen atoms in total. The SMILES string of the molecule is Cc1cccc2[nH]cc(CCNC(=O)C3(N)CCCC3)c12.Cl. The van der Waals surface area contributed by atoms with Crippen molar-refractivity contribution in [1.29, 1.82) is 0 Å². The number of nitrogens with two attached hydrogens (primary N) is 1. The number of fused-ring (bicyclic) bond motifs is 1. The summed E-state index contributed by atoms with van der Waals surface area (Å²) in [7, 11) is 0. The van der Waals surface area contributed by atoms with Crippen LogP contribution in [0, 0.1) is 6.92 Å². The van der Waals surface area contributed by atoms with Crippen molar-refractivity contribution in [2.75, 3.05) is 6.54 Å². The number of aryl methyl sites for hydroxylation is 1. The van der Waals surface area contributed by atoms with Gasteiger partial charge in [-0.2, -0.15) is 0 Å². The highest BCUT2D eigenvalue weighted by molar-refractivity contribution is 5.87. The van der Waals surface area contributed by atoms with E-state index in [0.29, 0.717) is 6.54 Å². The Labute approximate surface area is 137 Å². The Hall–Kier alpha value is -1.52. The Bertz CT molecular complexity index is 659. The third kappa shape index (κ3) is 3.13. The van der Waals surface area contributed by atoms with Crippen LogP contribution in [-0.4, -0.2) is 23.0 Å². The fourth-order valence-corrected chi connectivity index (χ4v) is 3.37. The summed E-state index contributed by atoms with van der Waals surface area (Å²) in [5.41, 5.74) is 9.20. The molecule has 0 radical (unpaired) electrons. The minimum atomic E-state index is -0.629. The van der Waals surface area contributed by atoms with Crippen molar-refractivity contribution >= 4 is 29.2 Å². The van der Waals surface area contributed by atoms with E-state index in [1.807, 2.05) is 6.20 Å². The van der Waals surface area contributed by atoms with Crippen LogP contribution in [0.3, 0.4) is 0 Å². The van der Waals surface area contributed by atoms with Gasteiger partial charge in [-0.25, -0.2) is 0 Å². The van der Waals surface area contributed by atoms with Gasteiger partial charge < -0.3 is 16.0 Å². The second kappa shape index (κ2) is 6.71. The monoisotopic (exact) mass is 321 g/mol. The van der Waals surface area contributed by atoms with Crippen LogP contribution in [0.2, 0.25) is 0 Å². The normalized spacial score (nSPS) is 16.5. The molecule has 120 valence electrons. The van der Waals surface area contributed by atoms with E-state index in [0.717, 1.165) is 37.6 Å². The topological polar surface area (TPSA) is 70.9 Å². The molecule has 2 aromatic rings. The van der Waals surface area contributed by atoms with Crippen molar-refractivity contribution in [1.82, 2.24) is 10.3 Å². The number of benzene rings is 1. The third-order valence-corrected chi connectivity index (χ3v) is 4.62. The molecule has 1 fully saturated rings. The molecule has 4 N–H and O–H groups in total. The molecule has 22 heavy (non-hydrogen) atoms. The first-order chi connectivity index (χ1) is 10.1. The summed E-state index contributed by atoms with van der Waals surface area (Å²) in [5, 5.41) is 4.28. The lowest BCUT2D eigenvalue weighted by atomic mass is 9.98. The van der Waals surface area contributed by atoms with E-state index >= 15 is 0 Å². The highest BCUT2D eigenvalue weighted by Gasteiger charge is 2.36. The highest BCUT2D eigenvalue weighted by Crippen LogP contribution is 2.27. The summed E-state index contributed by atoms with van der Waals surface area (Å²) in [6.45, 7) is 2.75. The zero-order valence-corrected chi connectivity index (χ0v) is 13.8. The highest BCUT2D eigenvalue weighted by atomic mass is 35.5. The Kier molecular flexibility index (Phi) is 5.14. The summed E-state index contributed by atoms with van der Waals surface area (Å²) in [6, 6.07) is 6.25. The Morgan fingerprint density at radius 2 is 2.09 bits per heavy atom. The number of amides is 1. The standard InChI is InChI=1S/C17H23N3O.ClH/c1-12-5-4-6-14-15(12)13(11-20-14)7-10-19-16(21)17(18)8-2-3-9-17;/h4-6,11,20H,2-3,7-10,18H2,1H3,(H,19,21);1H. The number of rotatable bonds is 4. The molecule has 0 saturated heterocycles. The van der Waals surface area contributed by atoms with Crippen LogP contribution in [0.4, 0.5) is 0 Å². The number of carbonyl (C=O) groups excluding carboxylic acids is 1. The van der Waals surface area contributed by atoms with E-state index in [-0.39, 0.29) is 18.3 Å². The zero-order chi connectivity index (χ0) is 14.9. The number of nitrogens with one attached hydrogen (secondary N) is 2. The van der Waals surface area contributed by atoms with Crippen LogP contribution < -0.4 is 11.1 Å². The van der Waals surface area contributed by atoms with Gasteiger partial charge in [-0.1, -0.05) is 25.0 Å². The number of aromatic nitrogens is 1. The van der Waals surface area contributed by atoms with E-state index < -0.39 is 5.54 Å². The van der Waals surface area contributed by atoms with Gasteiger partial charge in [0.05, 0.1) is 5.54 Å². The molecule has 1 aliphatic carbocycles. The van der Waals surface area contributed by atoms with Gasteiger partial charge in [-0.3, -0.25) is 4.79 Å². The van der Waals surface area contributed by atoms with Gasteiger partial charge in [0.15, 0.2) is 0 Å². The maximum absolute atomic E-state index is 12.2. The summed E-state index contributed by atoms with van der Waals surface area (Å²) < 4.78 is 0. The minimum absolute atomic E-state index is 0. The zero-order valence-electron chi connectivity index (χ0n) is 12.9. The van der Waals surface area contributed by atoms with Gasteiger partial charge in [0.1, 0.15) is 0 Å². The number of carbonyl (C=O) groups is 1. The molecule has 0 spiro atoms. The molecule has 0 unspecified atom stereocenters. The summed E-state index contributed by atoms with van der Waals surface area (Å²) in [6.07, 6.45) is 6.61. The average molecular weight is 322 g/mol. The Morgan fingerprint density at radius 3 is 2.82 bits per heavy atom. The second-order valence-electron chi connectivity index (χ2n) is 6.18. The van der Waals surface area contributed by atoms with Gasteiger partial charge >= 0.3 is 0 Å². The molecule has 1 aromatic heterocycles. The lowest BCUT2D eigenvalue weighted by Gasteiger charge is -2.22. The van der Waals surface area contributed by atoms with Crippen LogP contribution in [-0.2, 0) is 11.2 Å². The molecule has 5 heteroatoms. The maximum atomic E-state index is 12.2. The van der Waals surface area contributed by atoms with Gasteiger partial charge in [-0.05, 0) is 43.4 Å². The fraction of sp³-hybridized carbons (Fsp3) is 0.471. The molecule has 3 rings (SSSR count). The molecular formula is C17H24ClN3O. The first-order valence-electron chi connectivity index (χ1n) is 7.73. The number of H-pyrrole nitrogens is 1.